The zero-order valence-corrected chi connectivity index (χ0v) is 7.67. The molecule has 0 unspecified atom stereocenters. The van der Waals surface area contributed by atoms with Crippen molar-refractivity contribution in [1.82, 2.24) is 0 Å². The molecule has 0 radical (unpaired) electrons. The smallest absolute Gasteiger partial charge is 0.0254 e. The molecule has 0 heteroatoms. The standard InChI is InChI=1S/C12H14/c1-10(2)11(3)9-12-7-5-4-6-8-12/h4-9H,1H2,2-3H3. The van der Waals surface area contributed by atoms with E-state index >= 15 is 0 Å². The van der Waals surface area contributed by atoms with Crippen molar-refractivity contribution in [2.75, 3.05) is 0 Å². The van der Waals surface area contributed by atoms with Crippen molar-refractivity contribution in [2.24, 2.45) is 0 Å². The van der Waals surface area contributed by atoms with Gasteiger partial charge in [-0.1, -0.05) is 48.6 Å². The van der Waals surface area contributed by atoms with E-state index in [1.165, 1.54) is 11.1 Å². The summed E-state index contributed by atoms with van der Waals surface area (Å²) in [5, 5.41) is 0. The molecule has 0 atom stereocenters. The molecule has 0 saturated carbocycles. The third-order valence-electron chi connectivity index (χ3n) is 1.86. The van der Waals surface area contributed by atoms with Crippen LogP contribution in [-0.4, -0.2) is 0 Å². The van der Waals surface area contributed by atoms with Crippen LogP contribution < -0.4 is 0 Å². The molecular formula is C12H14. The summed E-state index contributed by atoms with van der Waals surface area (Å²) in [5.74, 6) is 0. The normalized spacial score (nSPS) is 11.3. The SMILES string of the molecule is C=C(C)C(C)=Cc1ccccc1. The molecule has 0 bridgehead atoms. The van der Waals surface area contributed by atoms with E-state index in [4.69, 9.17) is 0 Å². The fraction of sp³-hybridized carbons (Fsp3) is 0.167. The summed E-state index contributed by atoms with van der Waals surface area (Å²) in [7, 11) is 0. The molecule has 0 fully saturated rings. The van der Waals surface area contributed by atoms with Crippen LogP contribution in [0.4, 0.5) is 0 Å². The Morgan fingerprint density at radius 1 is 1.17 bits per heavy atom. The second-order valence-electron chi connectivity index (χ2n) is 3.02. The second kappa shape index (κ2) is 3.91. The molecule has 0 N–H and O–H groups in total. The molecule has 0 saturated heterocycles. The number of rotatable bonds is 2. The van der Waals surface area contributed by atoms with Gasteiger partial charge in [0.1, 0.15) is 0 Å². The van der Waals surface area contributed by atoms with E-state index in [1.54, 1.807) is 0 Å². The molecule has 0 heterocycles. The average Bonchev–Trinajstić information content (AvgIpc) is 2.06. The predicted molar refractivity (Wildman–Crippen MR) is 54.9 cm³/mol. The quantitative estimate of drug-likeness (QED) is 0.576. The summed E-state index contributed by atoms with van der Waals surface area (Å²) in [6.45, 7) is 7.98. The summed E-state index contributed by atoms with van der Waals surface area (Å²) in [5.41, 5.74) is 3.60. The molecule has 0 nitrogen and oxygen atoms in total. The van der Waals surface area contributed by atoms with E-state index in [-0.39, 0.29) is 0 Å². The second-order valence-corrected chi connectivity index (χ2v) is 3.02. The zero-order chi connectivity index (χ0) is 8.97. The van der Waals surface area contributed by atoms with Gasteiger partial charge in [0.15, 0.2) is 0 Å². The van der Waals surface area contributed by atoms with Crippen LogP contribution >= 0.6 is 0 Å². The first-order valence-corrected chi connectivity index (χ1v) is 4.09. The summed E-state index contributed by atoms with van der Waals surface area (Å²) < 4.78 is 0. The molecule has 0 aliphatic heterocycles. The lowest BCUT2D eigenvalue weighted by molar-refractivity contribution is 1.38. The molecule has 0 amide bonds. The summed E-state index contributed by atoms with van der Waals surface area (Å²) >= 11 is 0. The van der Waals surface area contributed by atoms with Gasteiger partial charge in [-0.05, 0) is 25.0 Å². The number of allylic oxidation sites excluding steroid dienone is 2. The van der Waals surface area contributed by atoms with E-state index in [0.717, 1.165) is 5.57 Å². The Hall–Kier alpha value is -1.30. The monoisotopic (exact) mass is 158 g/mol. The summed E-state index contributed by atoms with van der Waals surface area (Å²) in [4.78, 5) is 0. The topological polar surface area (TPSA) is 0 Å². The Morgan fingerprint density at radius 3 is 2.25 bits per heavy atom. The first-order valence-electron chi connectivity index (χ1n) is 4.09. The van der Waals surface area contributed by atoms with Crippen molar-refractivity contribution in [1.29, 1.82) is 0 Å². The minimum atomic E-state index is 1.12. The Labute approximate surface area is 74.2 Å². The maximum atomic E-state index is 3.88. The van der Waals surface area contributed by atoms with Crippen LogP contribution in [0.1, 0.15) is 19.4 Å². The molecule has 12 heavy (non-hydrogen) atoms. The molecule has 1 aromatic rings. The minimum absolute atomic E-state index is 1.12. The average molecular weight is 158 g/mol. The molecule has 0 aliphatic rings. The minimum Gasteiger partial charge on any atom is -0.0958 e. The lowest BCUT2D eigenvalue weighted by Crippen LogP contribution is -1.76. The van der Waals surface area contributed by atoms with E-state index in [9.17, 15) is 0 Å². The third kappa shape index (κ3) is 2.39. The largest absolute Gasteiger partial charge is 0.0958 e. The third-order valence-corrected chi connectivity index (χ3v) is 1.86. The molecular weight excluding hydrogens is 144 g/mol. The summed E-state index contributed by atoms with van der Waals surface area (Å²) in [6.07, 6.45) is 2.14. The van der Waals surface area contributed by atoms with Crippen molar-refractivity contribution in [3.8, 4) is 0 Å². The van der Waals surface area contributed by atoms with Crippen molar-refractivity contribution >= 4 is 6.08 Å². The van der Waals surface area contributed by atoms with Crippen LogP contribution in [-0.2, 0) is 0 Å². The molecule has 1 rings (SSSR count). The maximum Gasteiger partial charge on any atom is -0.0254 e. The predicted octanol–water partition coefficient (Wildman–Crippen LogP) is 3.67. The van der Waals surface area contributed by atoms with Crippen LogP contribution in [0.2, 0.25) is 0 Å². The lowest BCUT2D eigenvalue weighted by Gasteiger charge is -1.98. The van der Waals surface area contributed by atoms with Gasteiger partial charge in [0.05, 0.1) is 0 Å². The van der Waals surface area contributed by atoms with Gasteiger partial charge >= 0.3 is 0 Å². The summed E-state index contributed by atoms with van der Waals surface area (Å²) in [6, 6.07) is 10.3. The highest BCUT2D eigenvalue weighted by atomic mass is 14.0. The first-order chi connectivity index (χ1) is 5.70. The maximum absolute atomic E-state index is 3.88. The van der Waals surface area contributed by atoms with Crippen LogP contribution in [0.3, 0.4) is 0 Å². The van der Waals surface area contributed by atoms with Crippen molar-refractivity contribution in [3.63, 3.8) is 0 Å². The highest BCUT2D eigenvalue weighted by molar-refractivity contribution is 5.56. The number of hydrogen-bond donors (Lipinski definition) is 0. The van der Waals surface area contributed by atoms with E-state index in [1.807, 2.05) is 25.1 Å². The first kappa shape index (κ1) is 8.79. The molecule has 1 aromatic carbocycles. The highest BCUT2D eigenvalue weighted by Crippen LogP contribution is 2.11. The fourth-order valence-corrected chi connectivity index (χ4v) is 0.922. The molecule has 0 spiro atoms. The van der Waals surface area contributed by atoms with Crippen LogP contribution in [0, 0.1) is 0 Å². The molecule has 0 aliphatic carbocycles. The van der Waals surface area contributed by atoms with Gasteiger partial charge in [0, 0.05) is 0 Å². The van der Waals surface area contributed by atoms with Crippen LogP contribution in [0.5, 0.6) is 0 Å². The van der Waals surface area contributed by atoms with Crippen LogP contribution in [0.25, 0.3) is 6.08 Å². The van der Waals surface area contributed by atoms with Gasteiger partial charge in [0.25, 0.3) is 0 Å². The zero-order valence-electron chi connectivity index (χ0n) is 7.67. The number of hydrogen-bond acceptors (Lipinski definition) is 0. The van der Waals surface area contributed by atoms with Gasteiger partial charge in [0.2, 0.25) is 0 Å². The lowest BCUT2D eigenvalue weighted by atomic mass is 10.1. The van der Waals surface area contributed by atoms with Crippen LogP contribution in [0.15, 0.2) is 48.1 Å². The number of benzene rings is 1. The van der Waals surface area contributed by atoms with Gasteiger partial charge < -0.3 is 0 Å². The Morgan fingerprint density at radius 2 is 1.75 bits per heavy atom. The fourth-order valence-electron chi connectivity index (χ4n) is 0.922. The van der Waals surface area contributed by atoms with Gasteiger partial charge in [-0.3, -0.25) is 0 Å². The Bertz CT molecular complexity index is 291. The van der Waals surface area contributed by atoms with Gasteiger partial charge in [-0.15, -0.1) is 0 Å². The van der Waals surface area contributed by atoms with E-state index < -0.39 is 0 Å². The Balaban J connectivity index is 2.89. The van der Waals surface area contributed by atoms with Crippen molar-refractivity contribution in [3.05, 3.63) is 53.6 Å². The van der Waals surface area contributed by atoms with Gasteiger partial charge in [-0.2, -0.15) is 0 Å². The van der Waals surface area contributed by atoms with Crippen molar-refractivity contribution < 1.29 is 0 Å². The molecule has 62 valence electrons. The molecule has 0 aromatic heterocycles. The van der Waals surface area contributed by atoms with E-state index in [2.05, 4.69) is 31.7 Å². The Kier molecular flexibility index (Phi) is 2.87. The highest BCUT2D eigenvalue weighted by Gasteiger charge is 1.89. The van der Waals surface area contributed by atoms with Gasteiger partial charge in [-0.25, -0.2) is 0 Å². The van der Waals surface area contributed by atoms with Crippen molar-refractivity contribution in [2.45, 2.75) is 13.8 Å². The van der Waals surface area contributed by atoms with E-state index in [0.29, 0.717) is 0 Å².